The molecule has 0 radical (unpaired) electrons. The highest BCUT2D eigenvalue weighted by Crippen LogP contribution is 2.31. The van der Waals surface area contributed by atoms with Gasteiger partial charge in [-0.3, -0.25) is 4.79 Å². The second-order valence-corrected chi connectivity index (χ2v) is 4.47. The van der Waals surface area contributed by atoms with Crippen molar-refractivity contribution in [3.63, 3.8) is 0 Å². The number of primary amides is 1. The summed E-state index contributed by atoms with van der Waals surface area (Å²) in [5.74, 6) is -0.386. The molecule has 1 aromatic carbocycles. The fraction of sp³-hybridized carbons (Fsp3) is 0.353. The van der Waals surface area contributed by atoms with E-state index < -0.39 is 0 Å². The molecule has 1 amide bonds. The SMILES string of the molecule is CC.CC(=C/C(N)=O)/C=C1\CCCc2ccccc21. The number of allylic oxidation sites excluding steroid dienone is 3. The Balaban J connectivity index is 0.000000861. The molecule has 19 heavy (non-hydrogen) atoms. The first-order valence-electron chi connectivity index (χ1n) is 6.93. The number of nitrogens with two attached hydrogens (primary N) is 1. The van der Waals surface area contributed by atoms with Crippen LogP contribution < -0.4 is 5.73 Å². The van der Waals surface area contributed by atoms with Gasteiger partial charge in [-0.2, -0.15) is 0 Å². The first-order chi connectivity index (χ1) is 9.16. The minimum absolute atomic E-state index is 0.386. The average Bonchev–Trinajstić information content (AvgIpc) is 2.40. The first-order valence-corrected chi connectivity index (χ1v) is 6.93. The Labute approximate surface area is 116 Å². The van der Waals surface area contributed by atoms with Crippen molar-refractivity contribution in [2.75, 3.05) is 0 Å². The van der Waals surface area contributed by atoms with E-state index in [9.17, 15) is 4.79 Å². The Kier molecular flexibility index (Phi) is 6.07. The maximum atomic E-state index is 10.8. The van der Waals surface area contributed by atoms with E-state index in [1.54, 1.807) is 0 Å². The molecular weight excluding hydrogens is 234 g/mol. The van der Waals surface area contributed by atoms with E-state index in [-0.39, 0.29) is 5.91 Å². The van der Waals surface area contributed by atoms with E-state index in [1.165, 1.54) is 29.2 Å². The van der Waals surface area contributed by atoms with Crippen LogP contribution in [0.15, 0.2) is 42.0 Å². The van der Waals surface area contributed by atoms with Crippen molar-refractivity contribution >= 4 is 11.5 Å². The van der Waals surface area contributed by atoms with Crippen LogP contribution in [-0.2, 0) is 11.2 Å². The van der Waals surface area contributed by atoms with E-state index in [4.69, 9.17) is 5.73 Å². The van der Waals surface area contributed by atoms with E-state index in [0.29, 0.717) is 0 Å². The predicted molar refractivity (Wildman–Crippen MR) is 81.7 cm³/mol. The van der Waals surface area contributed by atoms with Crippen LogP contribution in [0.4, 0.5) is 0 Å². The van der Waals surface area contributed by atoms with Crippen molar-refractivity contribution in [2.45, 2.75) is 40.0 Å². The van der Waals surface area contributed by atoms with E-state index in [1.807, 2.05) is 20.8 Å². The van der Waals surface area contributed by atoms with Gasteiger partial charge in [0, 0.05) is 6.08 Å². The molecule has 2 nitrogen and oxygen atoms in total. The van der Waals surface area contributed by atoms with Crippen LogP contribution in [0.25, 0.3) is 5.57 Å². The van der Waals surface area contributed by atoms with Crippen LogP contribution >= 0.6 is 0 Å². The zero-order valence-electron chi connectivity index (χ0n) is 12.1. The van der Waals surface area contributed by atoms with Crippen molar-refractivity contribution in [3.05, 3.63) is 53.1 Å². The van der Waals surface area contributed by atoms with Gasteiger partial charge in [0.05, 0.1) is 0 Å². The molecule has 2 N–H and O–H groups in total. The summed E-state index contributed by atoms with van der Waals surface area (Å²) in [6.45, 7) is 5.91. The van der Waals surface area contributed by atoms with Crippen molar-refractivity contribution in [1.29, 1.82) is 0 Å². The van der Waals surface area contributed by atoms with Gasteiger partial charge in [0.2, 0.25) is 5.91 Å². The lowest BCUT2D eigenvalue weighted by Gasteiger charge is -2.18. The molecular formula is C17H23NO. The highest BCUT2D eigenvalue weighted by Gasteiger charge is 2.12. The van der Waals surface area contributed by atoms with Gasteiger partial charge < -0.3 is 5.73 Å². The standard InChI is InChI=1S/C15H17NO.C2H6/c1-11(10-15(16)17)9-13-7-4-6-12-5-2-3-8-14(12)13;1-2/h2-3,5,8-10H,4,6-7H2,1H3,(H2,16,17);1-2H3/b11-10-,13-9+;. The normalized spacial score (nSPS) is 16.4. The molecule has 0 aliphatic heterocycles. The number of amides is 1. The second-order valence-electron chi connectivity index (χ2n) is 4.47. The van der Waals surface area contributed by atoms with E-state index >= 15 is 0 Å². The molecule has 0 unspecified atom stereocenters. The Morgan fingerprint density at radius 1 is 1.21 bits per heavy atom. The van der Waals surface area contributed by atoms with Gasteiger partial charge in [-0.15, -0.1) is 0 Å². The Bertz CT molecular complexity index is 498. The molecule has 0 saturated carbocycles. The van der Waals surface area contributed by atoms with Gasteiger partial charge in [-0.25, -0.2) is 0 Å². The molecule has 0 atom stereocenters. The van der Waals surface area contributed by atoms with Crippen LogP contribution in [0.5, 0.6) is 0 Å². The summed E-state index contributed by atoms with van der Waals surface area (Å²) < 4.78 is 0. The zero-order chi connectivity index (χ0) is 14.3. The van der Waals surface area contributed by atoms with Gasteiger partial charge in [0.15, 0.2) is 0 Å². The fourth-order valence-electron chi connectivity index (χ4n) is 2.35. The van der Waals surface area contributed by atoms with Gasteiger partial charge in [-0.1, -0.05) is 44.2 Å². The second kappa shape index (κ2) is 7.57. The van der Waals surface area contributed by atoms with Crippen LogP contribution in [0, 0.1) is 0 Å². The first kappa shape index (κ1) is 15.2. The number of aryl methyl sites for hydroxylation is 1. The summed E-state index contributed by atoms with van der Waals surface area (Å²) in [6, 6.07) is 8.46. The van der Waals surface area contributed by atoms with E-state index in [0.717, 1.165) is 18.4 Å². The van der Waals surface area contributed by atoms with Gasteiger partial charge in [0.1, 0.15) is 0 Å². The minimum atomic E-state index is -0.386. The van der Waals surface area contributed by atoms with Crippen molar-refractivity contribution in [3.8, 4) is 0 Å². The monoisotopic (exact) mass is 257 g/mol. The summed E-state index contributed by atoms with van der Waals surface area (Å²) in [4.78, 5) is 10.8. The highest BCUT2D eigenvalue weighted by molar-refractivity contribution is 5.87. The van der Waals surface area contributed by atoms with Crippen LogP contribution in [0.2, 0.25) is 0 Å². The van der Waals surface area contributed by atoms with Crippen LogP contribution in [0.3, 0.4) is 0 Å². The lowest BCUT2D eigenvalue weighted by atomic mass is 9.86. The minimum Gasteiger partial charge on any atom is -0.366 e. The number of fused-ring (bicyclic) bond motifs is 1. The fourth-order valence-corrected chi connectivity index (χ4v) is 2.35. The molecule has 1 aliphatic carbocycles. The number of carbonyl (C=O) groups excluding carboxylic acids is 1. The molecule has 0 fully saturated rings. The molecule has 102 valence electrons. The van der Waals surface area contributed by atoms with Gasteiger partial charge in [0.25, 0.3) is 0 Å². The number of benzene rings is 1. The predicted octanol–water partition coefficient (Wildman–Crippen LogP) is 3.86. The summed E-state index contributed by atoms with van der Waals surface area (Å²) in [7, 11) is 0. The lowest BCUT2D eigenvalue weighted by Crippen LogP contribution is -2.06. The maximum absolute atomic E-state index is 10.8. The van der Waals surface area contributed by atoms with Crippen molar-refractivity contribution in [2.24, 2.45) is 5.73 Å². The quantitative estimate of drug-likeness (QED) is 0.803. The smallest absolute Gasteiger partial charge is 0.241 e. The third-order valence-corrected chi connectivity index (χ3v) is 3.03. The largest absolute Gasteiger partial charge is 0.366 e. The van der Waals surface area contributed by atoms with Gasteiger partial charge >= 0.3 is 0 Å². The maximum Gasteiger partial charge on any atom is 0.241 e. The number of carbonyl (C=O) groups is 1. The number of rotatable bonds is 2. The molecule has 1 aromatic rings. The topological polar surface area (TPSA) is 43.1 Å². The summed E-state index contributed by atoms with van der Waals surface area (Å²) in [5, 5.41) is 0. The Morgan fingerprint density at radius 3 is 2.58 bits per heavy atom. The van der Waals surface area contributed by atoms with E-state index in [2.05, 4.69) is 30.3 Å². The Hall–Kier alpha value is -1.83. The Morgan fingerprint density at radius 2 is 1.89 bits per heavy atom. The third kappa shape index (κ3) is 4.40. The van der Waals surface area contributed by atoms with Crippen LogP contribution in [0.1, 0.15) is 44.7 Å². The van der Waals surface area contributed by atoms with Crippen molar-refractivity contribution < 1.29 is 4.79 Å². The highest BCUT2D eigenvalue weighted by atomic mass is 16.1. The molecule has 0 saturated heterocycles. The molecule has 2 heteroatoms. The molecule has 0 bridgehead atoms. The van der Waals surface area contributed by atoms with Crippen molar-refractivity contribution in [1.82, 2.24) is 0 Å². The summed E-state index contributed by atoms with van der Waals surface area (Å²) >= 11 is 0. The number of hydrogen-bond donors (Lipinski definition) is 1. The summed E-state index contributed by atoms with van der Waals surface area (Å²) in [5.41, 5.74) is 10.1. The zero-order valence-corrected chi connectivity index (χ0v) is 12.1. The molecule has 1 aliphatic rings. The third-order valence-electron chi connectivity index (χ3n) is 3.03. The molecule has 0 spiro atoms. The average molecular weight is 257 g/mol. The lowest BCUT2D eigenvalue weighted by molar-refractivity contribution is -0.113. The molecule has 0 aromatic heterocycles. The number of hydrogen-bond acceptors (Lipinski definition) is 1. The summed E-state index contributed by atoms with van der Waals surface area (Å²) in [6.07, 6.45) is 6.94. The molecule has 2 rings (SSSR count). The molecule has 0 heterocycles. The van der Waals surface area contributed by atoms with Crippen LogP contribution in [-0.4, -0.2) is 5.91 Å². The van der Waals surface area contributed by atoms with Gasteiger partial charge in [-0.05, 0) is 48.5 Å².